The molecule has 0 N–H and O–H groups in total. The highest BCUT2D eigenvalue weighted by Gasteiger charge is 2.23. The summed E-state index contributed by atoms with van der Waals surface area (Å²) in [6.07, 6.45) is 2.57. The molecule has 1 unspecified atom stereocenters. The lowest BCUT2D eigenvalue weighted by Gasteiger charge is -2.22. The van der Waals surface area contributed by atoms with Crippen LogP contribution in [0, 0.1) is 0 Å². The number of fused-ring (bicyclic) bond motifs is 4. The molecule has 8 aromatic rings. The first-order chi connectivity index (χ1) is 23.3. The van der Waals surface area contributed by atoms with Crippen LogP contribution in [0.4, 0.5) is 0 Å². The molecule has 0 spiro atoms. The summed E-state index contributed by atoms with van der Waals surface area (Å²) in [7, 11) is 0. The quantitative estimate of drug-likeness (QED) is 0.196. The van der Waals surface area contributed by atoms with E-state index in [2.05, 4.69) is 115 Å². The van der Waals surface area contributed by atoms with Crippen molar-refractivity contribution in [1.82, 2.24) is 4.98 Å². The molecular formula is C43H29N3O. The third-order valence-corrected chi connectivity index (χ3v) is 9.04. The second kappa shape index (κ2) is 11.3. The summed E-state index contributed by atoms with van der Waals surface area (Å²) < 4.78 is 6.46. The van der Waals surface area contributed by atoms with Crippen LogP contribution in [0.5, 0.6) is 0 Å². The van der Waals surface area contributed by atoms with Crippen LogP contribution in [0.25, 0.3) is 55.1 Å². The molecule has 0 saturated carbocycles. The highest BCUT2D eigenvalue weighted by atomic mass is 16.3. The van der Waals surface area contributed by atoms with E-state index < -0.39 is 0 Å². The van der Waals surface area contributed by atoms with E-state index in [9.17, 15) is 0 Å². The van der Waals surface area contributed by atoms with Gasteiger partial charge in [-0.05, 0) is 81.1 Å². The minimum atomic E-state index is -0.0466. The number of amidine groups is 1. The average Bonchev–Trinajstić information content (AvgIpc) is 3.54. The van der Waals surface area contributed by atoms with Crippen molar-refractivity contribution < 1.29 is 4.42 Å². The van der Waals surface area contributed by atoms with E-state index >= 15 is 0 Å². The lowest BCUT2D eigenvalue weighted by molar-refractivity contribution is 0.669. The number of furan rings is 1. The van der Waals surface area contributed by atoms with Gasteiger partial charge in [0.05, 0.1) is 11.8 Å². The predicted molar refractivity (Wildman–Crippen MR) is 193 cm³/mol. The third-order valence-electron chi connectivity index (χ3n) is 9.04. The maximum absolute atomic E-state index is 6.46. The second-order valence-corrected chi connectivity index (χ2v) is 12.0. The van der Waals surface area contributed by atoms with E-state index in [1.54, 1.807) is 0 Å². The molecule has 222 valence electrons. The Labute approximate surface area is 272 Å². The number of aliphatic imine (C=N–C) groups is 2. The maximum Gasteiger partial charge on any atom is 0.161 e. The standard InChI is InChI=1S/C43H29N3O/c1-3-12-29(13-4-1)38-27-39(46-43(45-38)30-14-5-2-6-15-30)35-25-33(32-20-19-28-11-7-8-16-31(28)23-32)24-34(26-35)36-21-22-44-41-37-17-9-10-18-40(37)47-42(36)41/h1-26,38H,27H2. The molecule has 4 nitrogen and oxygen atoms in total. The van der Waals surface area contributed by atoms with Gasteiger partial charge in [-0.25, -0.2) is 4.99 Å². The van der Waals surface area contributed by atoms with Gasteiger partial charge in [-0.15, -0.1) is 0 Å². The van der Waals surface area contributed by atoms with E-state index in [-0.39, 0.29) is 6.04 Å². The van der Waals surface area contributed by atoms with E-state index in [4.69, 9.17) is 19.4 Å². The number of aromatic nitrogens is 1. The van der Waals surface area contributed by atoms with Crippen molar-refractivity contribution in [2.24, 2.45) is 9.98 Å². The largest absolute Gasteiger partial charge is 0.454 e. The molecule has 0 radical (unpaired) electrons. The van der Waals surface area contributed by atoms with Gasteiger partial charge in [-0.2, -0.15) is 0 Å². The van der Waals surface area contributed by atoms with Gasteiger partial charge in [0.2, 0.25) is 0 Å². The number of para-hydroxylation sites is 1. The maximum atomic E-state index is 6.46. The van der Waals surface area contributed by atoms with E-state index in [1.165, 1.54) is 16.3 Å². The first kappa shape index (κ1) is 27.2. The first-order valence-electron chi connectivity index (χ1n) is 15.9. The molecule has 3 heterocycles. The number of rotatable bonds is 5. The minimum Gasteiger partial charge on any atom is -0.454 e. The van der Waals surface area contributed by atoms with Crippen LogP contribution in [-0.4, -0.2) is 16.5 Å². The first-order valence-corrected chi connectivity index (χ1v) is 15.9. The second-order valence-electron chi connectivity index (χ2n) is 12.0. The van der Waals surface area contributed by atoms with Crippen LogP contribution < -0.4 is 0 Å². The monoisotopic (exact) mass is 603 g/mol. The zero-order chi connectivity index (χ0) is 31.2. The van der Waals surface area contributed by atoms with E-state index in [0.29, 0.717) is 6.42 Å². The van der Waals surface area contributed by atoms with Crippen LogP contribution >= 0.6 is 0 Å². The van der Waals surface area contributed by atoms with Gasteiger partial charge in [0.25, 0.3) is 0 Å². The Balaban J connectivity index is 1.26. The van der Waals surface area contributed by atoms with Crippen molar-refractivity contribution in [3.63, 3.8) is 0 Å². The molecule has 1 aliphatic heterocycles. The van der Waals surface area contributed by atoms with Crippen molar-refractivity contribution >= 4 is 44.4 Å². The van der Waals surface area contributed by atoms with Crippen LogP contribution in [0.1, 0.15) is 29.2 Å². The molecule has 0 aliphatic carbocycles. The molecule has 2 aromatic heterocycles. The molecule has 0 bridgehead atoms. The number of hydrogen-bond acceptors (Lipinski definition) is 4. The van der Waals surface area contributed by atoms with Crippen LogP contribution in [-0.2, 0) is 0 Å². The molecule has 4 heteroatoms. The molecule has 6 aromatic carbocycles. The van der Waals surface area contributed by atoms with Gasteiger partial charge in [0.1, 0.15) is 11.1 Å². The molecule has 47 heavy (non-hydrogen) atoms. The van der Waals surface area contributed by atoms with Crippen molar-refractivity contribution in [2.75, 3.05) is 0 Å². The summed E-state index contributed by atoms with van der Waals surface area (Å²) in [5, 5.41) is 3.44. The van der Waals surface area contributed by atoms with Crippen molar-refractivity contribution in [2.45, 2.75) is 12.5 Å². The predicted octanol–water partition coefficient (Wildman–Crippen LogP) is 10.8. The fourth-order valence-electron chi connectivity index (χ4n) is 6.67. The Bertz CT molecular complexity index is 2490. The number of hydrogen-bond donors (Lipinski definition) is 0. The summed E-state index contributed by atoms with van der Waals surface area (Å²) in [6.45, 7) is 0. The summed E-state index contributed by atoms with van der Waals surface area (Å²) in [4.78, 5) is 15.1. The Kier molecular flexibility index (Phi) is 6.57. The van der Waals surface area contributed by atoms with Crippen molar-refractivity contribution in [3.8, 4) is 22.3 Å². The fourth-order valence-corrected chi connectivity index (χ4v) is 6.67. The smallest absolute Gasteiger partial charge is 0.161 e. The molecular weight excluding hydrogens is 574 g/mol. The van der Waals surface area contributed by atoms with Crippen LogP contribution in [0.3, 0.4) is 0 Å². The van der Waals surface area contributed by atoms with Crippen LogP contribution in [0.2, 0.25) is 0 Å². The summed E-state index contributed by atoms with van der Waals surface area (Å²) in [5.74, 6) is 0.752. The molecule has 0 fully saturated rings. The SMILES string of the molecule is c1ccc(C2=NC(c3ccccc3)CC(c3cc(-c4ccc5ccccc5c4)cc(-c4ccnc5c4oc4ccccc45)c3)=N2)cc1. The van der Waals surface area contributed by atoms with E-state index in [1.807, 2.05) is 42.6 Å². The summed E-state index contributed by atoms with van der Waals surface area (Å²) in [5.41, 5.74) is 11.1. The van der Waals surface area contributed by atoms with Crippen molar-refractivity contribution in [3.05, 3.63) is 175 Å². The fraction of sp³-hybridized carbons (Fsp3) is 0.0465. The molecule has 0 amide bonds. The normalized spacial score (nSPS) is 14.8. The molecule has 0 saturated heterocycles. The highest BCUT2D eigenvalue weighted by molar-refractivity contribution is 6.15. The lowest BCUT2D eigenvalue weighted by atomic mass is 9.90. The van der Waals surface area contributed by atoms with Gasteiger partial charge in [0.15, 0.2) is 11.4 Å². The summed E-state index contributed by atoms with van der Waals surface area (Å²) in [6, 6.07) is 52.9. The zero-order valence-electron chi connectivity index (χ0n) is 25.5. The van der Waals surface area contributed by atoms with Crippen LogP contribution in [0.15, 0.2) is 172 Å². The Morgan fingerprint density at radius 2 is 1.28 bits per heavy atom. The minimum absolute atomic E-state index is 0.0466. The molecule has 9 rings (SSSR count). The van der Waals surface area contributed by atoms with Gasteiger partial charge in [0, 0.05) is 29.1 Å². The van der Waals surface area contributed by atoms with Crippen molar-refractivity contribution in [1.29, 1.82) is 0 Å². The topological polar surface area (TPSA) is 50.8 Å². The number of pyridine rings is 1. The van der Waals surface area contributed by atoms with Gasteiger partial charge in [-0.1, -0.05) is 109 Å². The van der Waals surface area contributed by atoms with Gasteiger partial charge < -0.3 is 4.42 Å². The highest BCUT2D eigenvalue weighted by Crippen LogP contribution is 2.38. The molecule has 1 atom stereocenters. The Morgan fingerprint density at radius 3 is 2.15 bits per heavy atom. The number of benzene rings is 6. The third kappa shape index (κ3) is 5.01. The number of nitrogens with zero attached hydrogens (tertiary/aromatic N) is 3. The molecule has 1 aliphatic rings. The Morgan fingerprint density at radius 1 is 0.553 bits per heavy atom. The van der Waals surface area contributed by atoms with E-state index in [0.717, 1.165) is 67.0 Å². The van der Waals surface area contributed by atoms with Gasteiger partial charge >= 0.3 is 0 Å². The average molecular weight is 604 g/mol. The zero-order valence-corrected chi connectivity index (χ0v) is 25.5. The lowest BCUT2D eigenvalue weighted by Crippen LogP contribution is -2.17. The van der Waals surface area contributed by atoms with Gasteiger partial charge in [-0.3, -0.25) is 9.98 Å². The summed E-state index contributed by atoms with van der Waals surface area (Å²) >= 11 is 0. The Hall–Kier alpha value is -6.13.